The van der Waals surface area contributed by atoms with Crippen LogP contribution in [0.4, 0.5) is 15.8 Å². The summed E-state index contributed by atoms with van der Waals surface area (Å²) in [6.45, 7) is 2.66. The largest absolute Gasteiger partial charge is 0.366 e. The standard InChI is InChI=1S/C12H15FN2O2/c1-9-12(13)3-2-8-14(9)10-4-6-11(7-5-10)15(16)17/h4-7,9,12H,2-3,8H2,1H3. The summed E-state index contributed by atoms with van der Waals surface area (Å²) in [5.41, 5.74) is 0.917. The number of nitro groups is 1. The van der Waals surface area contributed by atoms with Crippen LogP contribution in [0.5, 0.6) is 0 Å². The van der Waals surface area contributed by atoms with Crippen LogP contribution in [0.15, 0.2) is 24.3 Å². The van der Waals surface area contributed by atoms with Gasteiger partial charge in [0, 0.05) is 24.4 Å². The number of hydrogen-bond acceptors (Lipinski definition) is 3. The average molecular weight is 238 g/mol. The summed E-state index contributed by atoms with van der Waals surface area (Å²) >= 11 is 0. The van der Waals surface area contributed by atoms with E-state index in [0.717, 1.165) is 18.7 Å². The number of rotatable bonds is 2. The highest BCUT2D eigenvalue weighted by molar-refractivity contribution is 5.52. The first-order valence-electron chi connectivity index (χ1n) is 5.75. The molecule has 0 aliphatic carbocycles. The molecule has 2 unspecified atom stereocenters. The average Bonchev–Trinajstić information content (AvgIpc) is 2.33. The highest BCUT2D eigenvalue weighted by Crippen LogP contribution is 2.27. The van der Waals surface area contributed by atoms with Crippen LogP contribution >= 0.6 is 0 Å². The molecule has 92 valence electrons. The fourth-order valence-electron chi connectivity index (χ4n) is 2.23. The third kappa shape index (κ3) is 2.38. The summed E-state index contributed by atoms with van der Waals surface area (Å²) in [6, 6.07) is 6.14. The Balaban J connectivity index is 2.19. The van der Waals surface area contributed by atoms with Gasteiger partial charge in [-0.05, 0) is 31.9 Å². The van der Waals surface area contributed by atoms with E-state index in [1.807, 2.05) is 11.8 Å². The number of piperidine rings is 1. The molecule has 2 rings (SSSR count). The van der Waals surface area contributed by atoms with Gasteiger partial charge in [-0.1, -0.05) is 0 Å². The minimum atomic E-state index is -0.820. The Labute approximate surface area is 99.2 Å². The summed E-state index contributed by atoms with van der Waals surface area (Å²) in [4.78, 5) is 12.1. The van der Waals surface area contributed by atoms with Crippen molar-refractivity contribution >= 4 is 11.4 Å². The second kappa shape index (κ2) is 4.69. The van der Waals surface area contributed by atoms with Crippen molar-refractivity contribution in [3.63, 3.8) is 0 Å². The molecule has 1 heterocycles. The highest BCUT2D eigenvalue weighted by Gasteiger charge is 2.27. The van der Waals surface area contributed by atoms with E-state index < -0.39 is 11.1 Å². The molecule has 1 aliphatic heterocycles. The highest BCUT2D eigenvalue weighted by atomic mass is 19.1. The zero-order chi connectivity index (χ0) is 12.4. The third-order valence-electron chi connectivity index (χ3n) is 3.29. The zero-order valence-corrected chi connectivity index (χ0v) is 9.67. The van der Waals surface area contributed by atoms with Gasteiger partial charge in [0.25, 0.3) is 5.69 Å². The number of nitro benzene ring substituents is 1. The lowest BCUT2D eigenvalue weighted by atomic mass is 10.0. The fraction of sp³-hybridized carbons (Fsp3) is 0.500. The van der Waals surface area contributed by atoms with E-state index in [1.54, 1.807) is 12.1 Å². The number of hydrogen-bond donors (Lipinski definition) is 0. The van der Waals surface area contributed by atoms with E-state index in [2.05, 4.69) is 0 Å². The van der Waals surface area contributed by atoms with E-state index in [1.165, 1.54) is 12.1 Å². The Morgan fingerprint density at radius 1 is 1.41 bits per heavy atom. The molecular formula is C12H15FN2O2. The van der Waals surface area contributed by atoms with Crippen LogP contribution in [0.3, 0.4) is 0 Å². The van der Waals surface area contributed by atoms with E-state index in [-0.39, 0.29) is 11.7 Å². The minimum Gasteiger partial charge on any atom is -0.366 e. The number of non-ortho nitro benzene ring substituents is 1. The van der Waals surface area contributed by atoms with Gasteiger partial charge in [0.15, 0.2) is 0 Å². The molecule has 1 fully saturated rings. The Morgan fingerprint density at radius 3 is 2.65 bits per heavy atom. The lowest BCUT2D eigenvalue weighted by molar-refractivity contribution is -0.384. The second-order valence-electron chi connectivity index (χ2n) is 4.37. The molecule has 17 heavy (non-hydrogen) atoms. The maximum atomic E-state index is 13.6. The molecule has 0 radical (unpaired) electrons. The maximum Gasteiger partial charge on any atom is 0.269 e. The summed E-state index contributed by atoms with van der Waals surface area (Å²) < 4.78 is 13.6. The fourth-order valence-corrected chi connectivity index (χ4v) is 2.23. The van der Waals surface area contributed by atoms with Crippen LogP contribution in [0.2, 0.25) is 0 Å². The van der Waals surface area contributed by atoms with Gasteiger partial charge in [0.2, 0.25) is 0 Å². The molecule has 1 aromatic carbocycles. The molecule has 4 nitrogen and oxygen atoms in total. The van der Waals surface area contributed by atoms with Crippen molar-refractivity contribution < 1.29 is 9.31 Å². The second-order valence-corrected chi connectivity index (χ2v) is 4.37. The number of anilines is 1. The molecule has 1 saturated heterocycles. The Morgan fingerprint density at radius 2 is 2.06 bits per heavy atom. The number of halogens is 1. The molecule has 0 bridgehead atoms. The van der Waals surface area contributed by atoms with Gasteiger partial charge in [0.05, 0.1) is 11.0 Å². The molecule has 2 atom stereocenters. The van der Waals surface area contributed by atoms with Gasteiger partial charge >= 0.3 is 0 Å². The van der Waals surface area contributed by atoms with Gasteiger partial charge in [-0.3, -0.25) is 10.1 Å². The van der Waals surface area contributed by atoms with Crippen molar-refractivity contribution in [2.45, 2.75) is 32.0 Å². The van der Waals surface area contributed by atoms with Crippen LogP contribution in [-0.2, 0) is 0 Å². The molecule has 5 heteroatoms. The molecule has 0 spiro atoms. The monoisotopic (exact) mass is 238 g/mol. The van der Waals surface area contributed by atoms with Crippen LogP contribution < -0.4 is 4.90 Å². The van der Waals surface area contributed by atoms with Crippen LogP contribution in [-0.4, -0.2) is 23.7 Å². The van der Waals surface area contributed by atoms with Gasteiger partial charge in [0.1, 0.15) is 6.17 Å². The molecule has 0 amide bonds. The lowest BCUT2D eigenvalue weighted by Crippen LogP contribution is -2.44. The summed E-state index contributed by atoms with van der Waals surface area (Å²) in [5, 5.41) is 10.5. The van der Waals surface area contributed by atoms with E-state index in [4.69, 9.17) is 0 Å². The van der Waals surface area contributed by atoms with Gasteiger partial charge in [-0.2, -0.15) is 0 Å². The summed E-state index contributed by atoms with van der Waals surface area (Å²) in [5.74, 6) is 0. The molecule has 0 aromatic heterocycles. The first-order valence-corrected chi connectivity index (χ1v) is 5.75. The van der Waals surface area contributed by atoms with Crippen molar-refractivity contribution in [3.05, 3.63) is 34.4 Å². The minimum absolute atomic E-state index is 0.0650. The van der Waals surface area contributed by atoms with Crippen LogP contribution in [0.25, 0.3) is 0 Å². The van der Waals surface area contributed by atoms with Crippen LogP contribution in [0, 0.1) is 10.1 Å². The van der Waals surface area contributed by atoms with Crippen molar-refractivity contribution in [1.29, 1.82) is 0 Å². The van der Waals surface area contributed by atoms with Crippen LogP contribution in [0.1, 0.15) is 19.8 Å². The molecule has 0 N–H and O–H groups in total. The van der Waals surface area contributed by atoms with Crippen molar-refractivity contribution in [2.75, 3.05) is 11.4 Å². The summed E-state index contributed by atoms with van der Waals surface area (Å²) in [6.07, 6.45) is 0.603. The Kier molecular flexibility index (Phi) is 3.26. The Hall–Kier alpha value is -1.65. The van der Waals surface area contributed by atoms with E-state index in [0.29, 0.717) is 6.42 Å². The van der Waals surface area contributed by atoms with Gasteiger partial charge in [-0.15, -0.1) is 0 Å². The van der Waals surface area contributed by atoms with Crippen molar-refractivity contribution in [2.24, 2.45) is 0 Å². The normalized spacial score (nSPS) is 24.7. The topological polar surface area (TPSA) is 46.4 Å². The molecule has 1 aliphatic rings. The quantitative estimate of drug-likeness (QED) is 0.588. The van der Waals surface area contributed by atoms with Crippen molar-refractivity contribution in [1.82, 2.24) is 0 Å². The summed E-state index contributed by atoms with van der Waals surface area (Å²) in [7, 11) is 0. The number of nitrogens with zero attached hydrogens (tertiary/aromatic N) is 2. The predicted molar refractivity (Wildman–Crippen MR) is 64.0 cm³/mol. The maximum absolute atomic E-state index is 13.6. The molecule has 0 saturated carbocycles. The zero-order valence-electron chi connectivity index (χ0n) is 9.67. The SMILES string of the molecule is CC1C(F)CCCN1c1ccc([N+](=O)[O-])cc1. The third-order valence-corrected chi connectivity index (χ3v) is 3.29. The molecule has 1 aromatic rings. The smallest absolute Gasteiger partial charge is 0.269 e. The predicted octanol–water partition coefficient (Wildman–Crippen LogP) is 2.92. The first-order chi connectivity index (χ1) is 8.09. The molecular weight excluding hydrogens is 223 g/mol. The van der Waals surface area contributed by atoms with Gasteiger partial charge < -0.3 is 4.90 Å². The Bertz CT molecular complexity index is 407. The van der Waals surface area contributed by atoms with E-state index in [9.17, 15) is 14.5 Å². The van der Waals surface area contributed by atoms with E-state index >= 15 is 0 Å². The first kappa shape index (κ1) is 11.8. The number of alkyl halides is 1. The van der Waals surface area contributed by atoms with Crippen molar-refractivity contribution in [3.8, 4) is 0 Å². The number of benzene rings is 1. The lowest BCUT2D eigenvalue weighted by Gasteiger charge is -2.37. The van der Waals surface area contributed by atoms with Gasteiger partial charge in [-0.25, -0.2) is 4.39 Å².